The normalized spacial score (nSPS) is 19.0. The number of hydrogen-bond donors (Lipinski definition) is 0. The highest BCUT2D eigenvalue weighted by Gasteiger charge is 2.32. The van der Waals surface area contributed by atoms with E-state index in [1.54, 1.807) is 13.0 Å². The number of rotatable bonds is 3. The van der Waals surface area contributed by atoms with Gasteiger partial charge in [0.05, 0.1) is 12.1 Å². The first-order valence-electron chi connectivity index (χ1n) is 7.15. The second-order valence-electron chi connectivity index (χ2n) is 5.39. The van der Waals surface area contributed by atoms with Gasteiger partial charge >= 0.3 is 0 Å². The van der Waals surface area contributed by atoms with Gasteiger partial charge < -0.3 is 13.9 Å². The number of aryl methyl sites for hydroxylation is 2. The monoisotopic (exact) mass is 290 g/mol. The molecule has 1 atom stereocenters. The van der Waals surface area contributed by atoms with E-state index in [-0.39, 0.29) is 18.4 Å². The molecule has 1 unspecified atom stereocenters. The number of likely N-dealkylation sites (tertiary alicyclic amines) is 1. The van der Waals surface area contributed by atoms with Crippen molar-refractivity contribution in [3.8, 4) is 0 Å². The molecule has 0 saturated carbocycles. The van der Waals surface area contributed by atoms with Crippen LogP contribution in [0.4, 0.5) is 0 Å². The van der Waals surface area contributed by atoms with E-state index in [1.165, 1.54) is 0 Å². The molecule has 1 fully saturated rings. The van der Waals surface area contributed by atoms with Crippen molar-refractivity contribution < 1.29 is 13.8 Å². The summed E-state index contributed by atoms with van der Waals surface area (Å²) in [5.41, 5.74) is 0.778. The summed E-state index contributed by atoms with van der Waals surface area (Å²) in [4.78, 5) is 18.6. The summed E-state index contributed by atoms with van der Waals surface area (Å²) in [5.74, 6) is 1.71. The summed E-state index contributed by atoms with van der Waals surface area (Å²) >= 11 is 0. The van der Waals surface area contributed by atoms with E-state index in [0.717, 1.165) is 25.0 Å². The molecule has 1 amide bonds. The molecule has 0 spiro atoms. The maximum atomic E-state index is 12.5. The standard InChI is InChI=1S/C14H18N4O3/c1-9-7-11(20-16-9)8-13(19)18-6-4-3-5-12(18)14-15-10(2)17-21-14/h7,12H,3-6,8H2,1-2H3. The van der Waals surface area contributed by atoms with Gasteiger partial charge in [0, 0.05) is 12.6 Å². The van der Waals surface area contributed by atoms with Crippen LogP contribution in [0.15, 0.2) is 15.1 Å². The van der Waals surface area contributed by atoms with E-state index in [0.29, 0.717) is 24.0 Å². The number of carbonyl (C=O) groups excluding carboxylic acids is 1. The number of hydrogen-bond acceptors (Lipinski definition) is 6. The van der Waals surface area contributed by atoms with E-state index in [9.17, 15) is 4.79 Å². The fourth-order valence-corrected chi connectivity index (χ4v) is 2.69. The first-order chi connectivity index (χ1) is 10.1. The largest absolute Gasteiger partial charge is 0.361 e. The zero-order valence-electron chi connectivity index (χ0n) is 12.2. The lowest BCUT2D eigenvalue weighted by Crippen LogP contribution is -2.39. The van der Waals surface area contributed by atoms with Crippen LogP contribution in [0.25, 0.3) is 0 Å². The Morgan fingerprint density at radius 1 is 1.33 bits per heavy atom. The highest BCUT2D eigenvalue weighted by atomic mass is 16.5. The van der Waals surface area contributed by atoms with Crippen LogP contribution in [0, 0.1) is 13.8 Å². The summed E-state index contributed by atoms with van der Waals surface area (Å²) < 4.78 is 10.4. The van der Waals surface area contributed by atoms with E-state index >= 15 is 0 Å². The minimum absolute atomic E-state index is 0.00621. The molecular weight excluding hydrogens is 272 g/mol. The second kappa shape index (κ2) is 5.67. The molecule has 0 aliphatic carbocycles. The second-order valence-corrected chi connectivity index (χ2v) is 5.39. The summed E-state index contributed by atoms with van der Waals surface area (Å²) in [6.07, 6.45) is 3.11. The Morgan fingerprint density at radius 3 is 2.86 bits per heavy atom. The summed E-state index contributed by atoms with van der Waals surface area (Å²) in [7, 11) is 0. The lowest BCUT2D eigenvalue weighted by atomic mass is 10.0. The molecule has 2 aromatic rings. The minimum Gasteiger partial charge on any atom is -0.361 e. The zero-order chi connectivity index (χ0) is 14.8. The fourth-order valence-electron chi connectivity index (χ4n) is 2.69. The van der Waals surface area contributed by atoms with E-state index < -0.39 is 0 Å². The van der Waals surface area contributed by atoms with Crippen LogP contribution in [-0.2, 0) is 11.2 Å². The maximum Gasteiger partial charge on any atom is 0.249 e. The summed E-state index contributed by atoms with van der Waals surface area (Å²) in [6.45, 7) is 4.32. The molecule has 7 heteroatoms. The molecule has 0 aromatic carbocycles. The lowest BCUT2D eigenvalue weighted by Gasteiger charge is -2.33. The van der Waals surface area contributed by atoms with Crippen molar-refractivity contribution in [1.82, 2.24) is 20.2 Å². The molecule has 21 heavy (non-hydrogen) atoms. The van der Waals surface area contributed by atoms with Crippen molar-refractivity contribution in [2.24, 2.45) is 0 Å². The number of nitrogens with zero attached hydrogens (tertiary/aromatic N) is 4. The lowest BCUT2D eigenvalue weighted by molar-refractivity contribution is -0.135. The van der Waals surface area contributed by atoms with Gasteiger partial charge in [-0.15, -0.1) is 0 Å². The van der Waals surface area contributed by atoms with E-state index in [4.69, 9.17) is 9.05 Å². The number of carbonyl (C=O) groups is 1. The molecular formula is C14H18N4O3. The topological polar surface area (TPSA) is 85.3 Å². The molecule has 2 aromatic heterocycles. The summed E-state index contributed by atoms with van der Waals surface area (Å²) in [6, 6.07) is 1.66. The molecule has 0 bridgehead atoms. The van der Waals surface area contributed by atoms with Crippen molar-refractivity contribution in [3.63, 3.8) is 0 Å². The zero-order valence-corrected chi connectivity index (χ0v) is 12.2. The van der Waals surface area contributed by atoms with Gasteiger partial charge in [-0.25, -0.2) is 0 Å². The third-order valence-corrected chi connectivity index (χ3v) is 3.65. The van der Waals surface area contributed by atoms with Crippen LogP contribution in [0.5, 0.6) is 0 Å². The van der Waals surface area contributed by atoms with E-state index in [1.807, 2.05) is 11.8 Å². The van der Waals surface area contributed by atoms with Crippen molar-refractivity contribution >= 4 is 5.91 Å². The van der Waals surface area contributed by atoms with Crippen molar-refractivity contribution in [2.45, 2.75) is 45.6 Å². The third kappa shape index (κ3) is 2.96. The van der Waals surface area contributed by atoms with Gasteiger partial charge in [0.2, 0.25) is 11.8 Å². The van der Waals surface area contributed by atoms with Crippen LogP contribution in [0.1, 0.15) is 48.5 Å². The molecule has 3 heterocycles. The smallest absolute Gasteiger partial charge is 0.249 e. The average Bonchev–Trinajstić information content (AvgIpc) is 3.07. The third-order valence-electron chi connectivity index (χ3n) is 3.65. The molecule has 1 aliphatic rings. The molecule has 1 aliphatic heterocycles. The van der Waals surface area contributed by atoms with Gasteiger partial charge in [0.15, 0.2) is 5.82 Å². The van der Waals surface area contributed by atoms with Gasteiger partial charge in [-0.05, 0) is 33.1 Å². The Kier molecular flexibility index (Phi) is 3.72. The first kappa shape index (κ1) is 13.8. The van der Waals surface area contributed by atoms with Crippen molar-refractivity contribution in [1.29, 1.82) is 0 Å². The maximum absolute atomic E-state index is 12.5. The molecule has 0 radical (unpaired) electrons. The first-order valence-corrected chi connectivity index (χ1v) is 7.15. The number of amides is 1. The molecule has 7 nitrogen and oxygen atoms in total. The van der Waals surface area contributed by atoms with Gasteiger partial charge in [-0.1, -0.05) is 10.3 Å². The minimum atomic E-state index is -0.128. The van der Waals surface area contributed by atoms with Gasteiger partial charge in [0.1, 0.15) is 11.8 Å². The van der Waals surface area contributed by atoms with Crippen molar-refractivity contribution in [2.75, 3.05) is 6.54 Å². The predicted octanol–water partition coefficient (Wildman–Crippen LogP) is 1.97. The highest BCUT2D eigenvalue weighted by Crippen LogP contribution is 2.30. The Balaban J connectivity index is 1.75. The van der Waals surface area contributed by atoms with Crippen LogP contribution in [-0.4, -0.2) is 32.6 Å². The SMILES string of the molecule is Cc1cc(CC(=O)N2CCCCC2c2nc(C)no2)on1. The summed E-state index contributed by atoms with van der Waals surface area (Å²) in [5, 5.41) is 7.63. The van der Waals surface area contributed by atoms with Gasteiger partial charge in [-0.3, -0.25) is 4.79 Å². The van der Waals surface area contributed by atoms with Crippen molar-refractivity contribution in [3.05, 3.63) is 29.2 Å². The Hall–Kier alpha value is -2.18. The van der Waals surface area contributed by atoms with E-state index in [2.05, 4.69) is 15.3 Å². The molecule has 112 valence electrons. The molecule has 0 N–H and O–H groups in total. The van der Waals surface area contributed by atoms with Crippen LogP contribution in [0.2, 0.25) is 0 Å². The van der Waals surface area contributed by atoms with Crippen LogP contribution in [0.3, 0.4) is 0 Å². The Labute approximate surface area is 122 Å². The van der Waals surface area contributed by atoms with Crippen LogP contribution < -0.4 is 0 Å². The molecule has 3 rings (SSSR count). The Bertz CT molecular complexity index is 634. The van der Waals surface area contributed by atoms with Gasteiger partial charge in [-0.2, -0.15) is 4.98 Å². The average molecular weight is 290 g/mol. The van der Waals surface area contributed by atoms with Crippen LogP contribution >= 0.6 is 0 Å². The number of aromatic nitrogens is 3. The Morgan fingerprint density at radius 2 is 2.19 bits per heavy atom. The quantitative estimate of drug-likeness (QED) is 0.859. The van der Waals surface area contributed by atoms with Gasteiger partial charge in [0.25, 0.3) is 0 Å². The fraction of sp³-hybridized carbons (Fsp3) is 0.571. The highest BCUT2D eigenvalue weighted by molar-refractivity contribution is 5.78. The molecule has 1 saturated heterocycles. The predicted molar refractivity (Wildman–Crippen MR) is 72.3 cm³/mol. The number of piperidine rings is 1.